The molecule has 0 saturated heterocycles. The molecule has 26 heavy (non-hydrogen) atoms. The molecule has 1 unspecified atom stereocenters. The van der Waals surface area contributed by atoms with Gasteiger partial charge in [-0.25, -0.2) is 0 Å². The number of nitrogens with one attached hydrogen (secondary N) is 1. The van der Waals surface area contributed by atoms with Crippen molar-refractivity contribution in [3.63, 3.8) is 0 Å². The standard InChI is InChI=1S/C18H17N3O5/c1-11-15(9-14(20(23)24)10-16(11)21(25)26)18(22)19-17(13-7-8-13)12-5-3-2-4-6-12/h2-6,9-10,13,17H,7-8H2,1H3,(H,19,22). The van der Waals surface area contributed by atoms with Crippen LogP contribution in [0.5, 0.6) is 0 Å². The number of hydrogen-bond acceptors (Lipinski definition) is 5. The minimum Gasteiger partial charge on any atom is -0.345 e. The van der Waals surface area contributed by atoms with Gasteiger partial charge in [0, 0.05) is 11.6 Å². The lowest BCUT2D eigenvalue weighted by Crippen LogP contribution is -2.30. The Labute approximate surface area is 149 Å². The molecule has 1 fully saturated rings. The third-order valence-corrected chi connectivity index (χ3v) is 4.56. The van der Waals surface area contributed by atoms with Gasteiger partial charge in [-0.3, -0.25) is 25.0 Å². The van der Waals surface area contributed by atoms with Gasteiger partial charge in [-0.05, 0) is 31.2 Å². The Morgan fingerprint density at radius 3 is 2.31 bits per heavy atom. The van der Waals surface area contributed by atoms with Crippen molar-refractivity contribution in [2.24, 2.45) is 5.92 Å². The first kappa shape index (κ1) is 17.5. The van der Waals surface area contributed by atoms with Gasteiger partial charge in [-0.15, -0.1) is 0 Å². The smallest absolute Gasteiger partial charge is 0.279 e. The number of carbonyl (C=O) groups is 1. The maximum Gasteiger partial charge on any atom is 0.279 e. The van der Waals surface area contributed by atoms with Gasteiger partial charge < -0.3 is 5.32 Å². The molecular weight excluding hydrogens is 338 g/mol. The Morgan fingerprint density at radius 1 is 1.12 bits per heavy atom. The number of nitrogens with zero attached hydrogens (tertiary/aromatic N) is 2. The van der Waals surface area contributed by atoms with E-state index in [9.17, 15) is 25.0 Å². The van der Waals surface area contributed by atoms with Crippen molar-refractivity contribution in [2.75, 3.05) is 0 Å². The summed E-state index contributed by atoms with van der Waals surface area (Å²) >= 11 is 0. The molecule has 8 heteroatoms. The van der Waals surface area contributed by atoms with E-state index in [0.29, 0.717) is 5.92 Å². The van der Waals surface area contributed by atoms with Crippen molar-refractivity contribution in [1.82, 2.24) is 5.32 Å². The Kier molecular flexibility index (Phi) is 4.66. The molecule has 1 atom stereocenters. The van der Waals surface area contributed by atoms with E-state index in [1.54, 1.807) is 0 Å². The van der Waals surface area contributed by atoms with Crippen molar-refractivity contribution in [2.45, 2.75) is 25.8 Å². The van der Waals surface area contributed by atoms with E-state index >= 15 is 0 Å². The SMILES string of the molecule is Cc1c(C(=O)NC(c2ccccc2)C2CC2)cc([N+](=O)[O-])cc1[N+](=O)[O-]. The fourth-order valence-corrected chi connectivity index (χ4v) is 3.00. The minimum atomic E-state index is -0.737. The van der Waals surface area contributed by atoms with Gasteiger partial charge in [-0.2, -0.15) is 0 Å². The zero-order chi connectivity index (χ0) is 18.8. The van der Waals surface area contributed by atoms with Crippen LogP contribution in [0.25, 0.3) is 0 Å². The monoisotopic (exact) mass is 355 g/mol. The number of nitro benzene ring substituents is 2. The Balaban J connectivity index is 1.96. The normalized spacial score (nSPS) is 14.5. The molecule has 0 radical (unpaired) electrons. The van der Waals surface area contributed by atoms with Gasteiger partial charge in [0.15, 0.2) is 0 Å². The van der Waals surface area contributed by atoms with Crippen LogP contribution in [-0.4, -0.2) is 15.8 Å². The van der Waals surface area contributed by atoms with Gasteiger partial charge >= 0.3 is 0 Å². The van der Waals surface area contributed by atoms with Crippen LogP contribution >= 0.6 is 0 Å². The average molecular weight is 355 g/mol. The molecule has 0 heterocycles. The molecular formula is C18H17N3O5. The molecule has 0 aromatic heterocycles. The van der Waals surface area contributed by atoms with Gasteiger partial charge in [0.05, 0.1) is 27.5 Å². The summed E-state index contributed by atoms with van der Waals surface area (Å²) in [5, 5.41) is 25.2. The maximum absolute atomic E-state index is 12.8. The molecule has 8 nitrogen and oxygen atoms in total. The summed E-state index contributed by atoms with van der Waals surface area (Å²) in [6.07, 6.45) is 1.96. The first-order valence-electron chi connectivity index (χ1n) is 8.17. The van der Waals surface area contributed by atoms with Gasteiger partial charge in [-0.1, -0.05) is 30.3 Å². The fourth-order valence-electron chi connectivity index (χ4n) is 3.00. The second kappa shape index (κ2) is 6.91. The Hall–Kier alpha value is -3.29. The van der Waals surface area contributed by atoms with Crippen LogP contribution in [-0.2, 0) is 0 Å². The van der Waals surface area contributed by atoms with Crippen molar-refractivity contribution in [1.29, 1.82) is 0 Å². The van der Waals surface area contributed by atoms with Crippen LogP contribution in [0, 0.1) is 33.1 Å². The van der Waals surface area contributed by atoms with E-state index in [1.807, 2.05) is 30.3 Å². The molecule has 3 rings (SSSR count). The first-order valence-corrected chi connectivity index (χ1v) is 8.17. The molecule has 2 aromatic rings. The number of rotatable bonds is 6. The molecule has 0 spiro atoms. The van der Waals surface area contributed by atoms with Gasteiger partial charge in [0.2, 0.25) is 0 Å². The summed E-state index contributed by atoms with van der Waals surface area (Å²) in [5.74, 6) is -0.245. The molecule has 1 aliphatic rings. The van der Waals surface area contributed by atoms with E-state index in [-0.39, 0.29) is 17.2 Å². The summed E-state index contributed by atoms with van der Waals surface area (Å²) in [7, 11) is 0. The molecule has 2 aromatic carbocycles. The Bertz CT molecular complexity index is 878. The lowest BCUT2D eigenvalue weighted by molar-refractivity contribution is -0.394. The Morgan fingerprint density at radius 2 is 1.77 bits per heavy atom. The molecule has 0 bridgehead atoms. The van der Waals surface area contributed by atoms with Crippen molar-refractivity contribution < 1.29 is 14.6 Å². The molecule has 0 aliphatic heterocycles. The molecule has 1 aliphatic carbocycles. The number of hydrogen-bond donors (Lipinski definition) is 1. The highest BCUT2D eigenvalue weighted by molar-refractivity contribution is 5.97. The number of nitro groups is 2. The second-order valence-electron chi connectivity index (χ2n) is 6.35. The third kappa shape index (κ3) is 3.53. The quantitative estimate of drug-likeness (QED) is 0.626. The summed E-state index contributed by atoms with van der Waals surface area (Å²) in [4.78, 5) is 33.6. The van der Waals surface area contributed by atoms with E-state index in [0.717, 1.165) is 30.5 Å². The highest BCUT2D eigenvalue weighted by atomic mass is 16.6. The molecule has 1 saturated carbocycles. The minimum absolute atomic E-state index is 0.0486. The number of amides is 1. The zero-order valence-electron chi connectivity index (χ0n) is 14.0. The topological polar surface area (TPSA) is 115 Å². The lowest BCUT2D eigenvalue weighted by atomic mass is 10.00. The number of carbonyl (C=O) groups excluding carboxylic acids is 1. The van der Waals surface area contributed by atoms with Crippen LogP contribution in [0.1, 0.15) is 40.4 Å². The van der Waals surface area contributed by atoms with Crippen LogP contribution in [0.2, 0.25) is 0 Å². The number of benzene rings is 2. The summed E-state index contributed by atoms with van der Waals surface area (Å²) < 4.78 is 0. The zero-order valence-corrected chi connectivity index (χ0v) is 14.0. The second-order valence-corrected chi connectivity index (χ2v) is 6.35. The van der Waals surface area contributed by atoms with Crippen LogP contribution in [0.4, 0.5) is 11.4 Å². The third-order valence-electron chi connectivity index (χ3n) is 4.56. The molecule has 1 N–H and O–H groups in total. The van der Waals surface area contributed by atoms with E-state index in [1.165, 1.54) is 6.92 Å². The average Bonchev–Trinajstić information content (AvgIpc) is 3.44. The van der Waals surface area contributed by atoms with Gasteiger partial charge in [0.25, 0.3) is 17.3 Å². The summed E-state index contributed by atoms with van der Waals surface area (Å²) in [6, 6.07) is 11.2. The van der Waals surface area contributed by atoms with E-state index in [4.69, 9.17) is 0 Å². The maximum atomic E-state index is 12.8. The van der Waals surface area contributed by atoms with Crippen LogP contribution < -0.4 is 5.32 Å². The van der Waals surface area contributed by atoms with Crippen molar-refractivity contribution in [3.05, 3.63) is 79.4 Å². The summed E-state index contributed by atoms with van der Waals surface area (Å²) in [6.45, 7) is 1.42. The van der Waals surface area contributed by atoms with E-state index in [2.05, 4.69) is 5.32 Å². The number of non-ortho nitro benzene ring substituents is 1. The van der Waals surface area contributed by atoms with Gasteiger partial charge in [0.1, 0.15) is 0 Å². The first-order chi connectivity index (χ1) is 12.4. The predicted molar refractivity (Wildman–Crippen MR) is 93.9 cm³/mol. The predicted octanol–water partition coefficient (Wildman–Crippen LogP) is 3.69. The highest BCUT2D eigenvalue weighted by Crippen LogP contribution is 2.41. The molecule has 1 amide bonds. The highest BCUT2D eigenvalue weighted by Gasteiger charge is 2.34. The van der Waals surface area contributed by atoms with Crippen molar-refractivity contribution >= 4 is 17.3 Å². The largest absolute Gasteiger partial charge is 0.345 e. The summed E-state index contributed by atoms with van der Waals surface area (Å²) in [5.41, 5.74) is 0.0938. The van der Waals surface area contributed by atoms with Crippen molar-refractivity contribution in [3.8, 4) is 0 Å². The fraction of sp³-hybridized carbons (Fsp3) is 0.278. The van der Waals surface area contributed by atoms with E-state index < -0.39 is 27.1 Å². The van der Waals surface area contributed by atoms with Crippen LogP contribution in [0.3, 0.4) is 0 Å². The molecule has 134 valence electrons. The lowest BCUT2D eigenvalue weighted by Gasteiger charge is -2.19. The van der Waals surface area contributed by atoms with Crippen LogP contribution in [0.15, 0.2) is 42.5 Å².